The molecule has 0 atom stereocenters. The first-order valence-electron chi connectivity index (χ1n) is 6.92. The van der Waals surface area contributed by atoms with Crippen LogP contribution in [0.4, 0.5) is 0 Å². The molecule has 4 nitrogen and oxygen atoms in total. The number of nitrogens with one attached hydrogen (secondary N) is 2. The second-order valence-corrected chi connectivity index (χ2v) is 6.45. The molecule has 2 rings (SSSR count). The second-order valence-electron chi connectivity index (χ2n) is 4.88. The summed E-state index contributed by atoms with van der Waals surface area (Å²) in [5.41, 5.74) is 6.80. The van der Waals surface area contributed by atoms with Gasteiger partial charge in [-0.15, -0.1) is 11.3 Å². The molecule has 0 radical (unpaired) electrons. The number of carbonyl (C=O) groups is 2. The third kappa shape index (κ3) is 4.32. The van der Waals surface area contributed by atoms with E-state index in [0.717, 1.165) is 17.5 Å². The van der Waals surface area contributed by atoms with E-state index < -0.39 is 0 Å². The molecule has 6 heteroatoms. The van der Waals surface area contributed by atoms with Crippen molar-refractivity contribution in [2.45, 2.75) is 26.7 Å². The number of amides is 2. The lowest BCUT2D eigenvalue weighted by Gasteiger charge is -2.06. The Morgan fingerprint density at radius 3 is 2.45 bits per heavy atom. The molecule has 0 unspecified atom stereocenters. The van der Waals surface area contributed by atoms with Gasteiger partial charge in [-0.2, -0.15) is 0 Å². The molecule has 2 aromatic rings. The third-order valence-corrected chi connectivity index (χ3v) is 4.79. The molecule has 22 heavy (non-hydrogen) atoms. The molecule has 1 heterocycles. The van der Waals surface area contributed by atoms with Gasteiger partial charge in [0.15, 0.2) is 0 Å². The van der Waals surface area contributed by atoms with Crippen LogP contribution in [-0.2, 0) is 17.6 Å². The van der Waals surface area contributed by atoms with Gasteiger partial charge >= 0.3 is 0 Å². The standard InChI is InChI=1S/C16H17ClN2O2S/c1-3-13-10(2)8-14(22-13)16(21)19-18-15(20)9-11-4-6-12(17)7-5-11/h4-8H,3,9H2,1-2H3,(H,18,20)(H,19,21). The maximum atomic E-state index is 12.0. The Bertz CT molecular complexity index is 680. The average Bonchev–Trinajstić information content (AvgIpc) is 2.88. The number of carbonyl (C=O) groups excluding carboxylic acids is 2. The highest BCUT2D eigenvalue weighted by Crippen LogP contribution is 2.21. The van der Waals surface area contributed by atoms with Gasteiger partial charge in [0.1, 0.15) is 0 Å². The molecular formula is C16H17ClN2O2S. The Morgan fingerprint density at radius 2 is 1.86 bits per heavy atom. The molecule has 0 bridgehead atoms. The fourth-order valence-electron chi connectivity index (χ4n) is 2.00. The molecule has 0 aliphatic heterocycles. The van der Waals surface area contributed by atoms with Crippen molar-refractivity contribution in [3.8, 4) is 0 Å². The van der Waals surface area contributed by atoms with E-state index in [1.54, 1.807) is 24.3 Å². The maximum absolute atomic E-state index is 12.0. The summed E-state index contributed by atoms with van der Waals surface area (Å²) in [5, 5.41) is 0.622. The quantitative estimate of drug-likeness (QED) is 0.842. The van der Waals surface area contributed by atoms with Crippen LogP contribution in [0.5, 0.6) is 0 Å². The van der Waals surface area contributed by atoms with Crippen LogP contribution in [0.1, 0.15) is 32.6 Å². The average molecular weight is 337 g/mol. The van der Waals surface area contributed by atoms with Crippen molar-refractivity contribution in [2.24, 2.45) is 0 Å². The molecule has 0 aliphatic rings. The summed E-state index contributed by atoms with van der Waals surface area (Å²) in [6.45, 7) is 4.03. The molecule has 0 aliphatic carbocycles. The molecule has 1 aromatic heterocycles. The summed E-state index contributed by atoms with van der Waals surface area (Å²) in [5.74, 6) is -0.572. The van der Waals surface area contributed by atoms with E-state index in [9.17, 15) is 9.59 Å². The van der Waals surface area contributed by atoms with Gasteiger partial charge in [0.05, 0.1) is 11.3 Å². The zero-order chi connectivity index (χ0) is 16.1. The topological polar surface area (TPSA) is 58.2 Å². The van der Waals surface area contributed by atoms with Gasteiger partial charge in [-0.3, -0.25) is 20.4 Å². The lowest BCUT2D eigenvalue weighted by atomic mass is 10.1. The van der Waals surface area contributed by atoms with Gasteiger partial charge < -0.3 is 0 Å². The number of benzene rings is 1. The minimum Gasteiger partial charge on any atom is -0.273 e. The van der Waals surface area contributed by atoms with Gasteiger partial charge in [0.2, 0.25) is 5.91 Å². The van der Waals surface area contributed by atoms with Gasteiger partial charge in [0, 0.05) is 9.90 Å². The normalized spacial score (nSPS) is 10.3. The van der Waals surface area contributed by atoms with Crippen molar-refractivity contribution in [2.75, 3.05) is 0 Å². The van der Waals surface area contributed by atoms with Crippen LogP contribution >= 0.6 is 22.9 Å². The lowest BCUT2D eigenvalue weighted by molar-refractivity contribution is -0.121. The summed E-state index contributed by atoms with van der Waals surface area (Å²) >= 11 is 7.24. The molecule has 2 N–H and O–H groups in total. The second kappa shape index (κ2) is 7.42. The smallest absolute Gasteiger partial charge is 0.273 e. The molecule has 2 amide bonds. The number of aryl methyl sites for hydroxylation is 2. The Hall–Kier alpha value is -1.85. The van der Waals surface area contributed by atoms with Gasteiger partial charge in [-0.1, -0.05) is 30.7 Å². The molecule has 0 spiro atoms. The zero-order valence-corrected chi connectivity index (χ0v) is 14.0. The summed E-state index contributed by atoms with van der Waals surface area (Å²) < 4.78 is 0. The first-order valence-corrected chi connectivity index (χ1v) is 8.12. The van der Waals surface area contributed by atoms with Gasteiger partial charge in [-0.25, -0.2) is 0 Å². The summed E-state index contributed by atoms with van der Waals surface area (Å²) in [4.78, 5) is 25.6. The van der Waals surface area contributed by atoms with E-state index >= 15 is 0 Å². The lowest BCUT2D eigenvalue weighted by Crippen LogP contribution is -2.42. The van der Waals surface area contributed by atoms with Gasteiger partial charge in [0.25, 0.3) is 5.91 Å². The Kier molecular flexibility index (Phi) is 5.57. The maximum Gasteiger partial charge on any atom is 0.279 e. The van der Waals surface area contributed by atoms with E-state index in [0.29, 0.717) is 9.90 Å². The van der Waals surface area contributed by atoms with Gasteiger partial charge in [-0.05, 0) is 42.7 Å². The minimum absolute atomic E-state index is 0.182. The summed E-state index contributed by atoms with van der Waals surface area (Å²) in [6.07, 6.45) is 1.08. The summed E-state index contributed by atoms with van der Waals surface area (Å²) in [6, 6.07) is 8.84. The SMILES string of the molecule is CCc1sc(C(=O)NNC(=O)Cc2ccc(Cl)cc2)cc1C. The van der Waals surface area contributed by atoms with Crippen LogP contribution in [0.2, 0.25) is 5.02 Å². The predicted molar refractivity (Wildman–Crippen MR) is 89.2 cm³/mol. The van der Waals surface area contributed by atoms with Crippen LogP contribution in [0.15, 0.2) is 30.3 Å². The van der Waals surface area contributed by atoms with E-state index in [-0.39, 0.29) is 18.2 Å². The summed E-state index contributed by atoms with van der Waals surface area (Å²) in [7, 11) is 0. The molecule has 116 valence electrons. The first-order chi connectivity index (χ1) is 10.5. The van der Waals surface area contributed by atoms with Crippen LogP contribution in [-0.4, -0.2) is 11.8 Å². The number of hydrazine groups is 1. The monoisotopic (exact) mass is 336 g/mol. The highest BCUT2D eigenvalue weighted by molar-refractivity contribution is 7.14. The van der Waals surface area contributed by atoms with Crippen molar-refractivity contribution in [3.05, 3.63) is 56.2 Å². The number of hydrogen-bond donors (Lipinski definition) is 2. The molecule has 0 saturated carbocycles. The fraction of sp³-hybridized carbons (Fsp3) is 0.250. The van der Waals surface area contributed by atoms with Crippen molar-refractivity contribution in [1.29, 1.82) is 0 Å². The van der Waals surface area contributed by atoms with Crippen LogP contribution in [0.25, 0.3) is 0 Å². The number of rotatable bonds is 4. The van der Waals surface area contributed by atoms with Crippen LogP contribution in [0.3, 0.4) is 0 Å². The number of halogens is 1. The Balaban J connectivity index is 1.87. The number of thiophene rings is 1. The Labute approximate surface area is 138 Å². The zero-order valence-electron chi connectivity index (χ0n) is 12.4. The number of hydrogen-bond acceptors (Lipinski definition) is 3. The minimum atomic E-state index is -0.294. The van der Waals surface area contributed by atoms with Crippen molar-refractivity contribution in [3.63, 3.8) is 0 Å². The van der Waals surface area contributed by atoms with E-state index in [1.165, 1.54) is 16.2 Å². The highest BCUT2D eigenvalue weighted by Gasteiger charge is 2.12. The van der Waals surface area contributed by atoms with Crippen LogP contribution in [0, 0.1) is 6.92 Å². The molecule has 0 saturated heterocycles. The molecular weight excluding hydrogens is 320 g/mol. The van der Waals surface area contributed by atoms with E-state index in [1.807, 2.05) is 13.0 Å². The van der Waals surface area contributed by atoms with Crippen molar-refractivity contribution in [1.82, 2.24) is 10.9 Å². The van der Waals surface area contributed by atoms with E-state index in [4.69, 9.17) is 11.6 Å². The fourth-order valence-corrected chi connectivity index (χ4v) is 3.14. The Morgan fingerprint density at radius 1 is 1.18 bits per heavy atom. The largest absolute Gasteiger partial charge is 0.279 e. The predicted octanol–water partition coefficient (Wildman–Crippen LogP) is 3.28. The first kappa shape index (κ1) is 16.5. The van der Waals surface area contributed by atoms with E-state index in [2.05, 4.69) is 17.8 Å². The van der Waals surface area contributed by atoms with Crippen molar-refractivity contribution >= 4 is 34.8 Å². The molecule has 0 fully saturated rings. The highest BCUT2D eigenvalue weighted by atomic mass is 35.5. The molecule has 1 aromatic carbocycles. The van der Waals surface area contributed by atoms with Crippen LogP contribution < -0.4 is 10.9 Å². The third-order valence-electron chi connectivity index (χ3n) is 3.16. The van der Waals surface area contributed by atoms with Crippen molar-refractivity contribution < 1.29 is 9.59 Å².